The van der Waals surface area contributed by atoms with Gasteiger partial charge in [0.25, 0.3) is 0 Å². The van der Waals surface area contributed by atoms with E-state index in [-0.39, 0.29) is 5.78 Å². The van der Waals surface area contributed by atoms with Crippen molar-refractivity contribution in [3.63, 3.8) is 0 Å². The second kappa shape index (κ2) is 22.9. The molecule has 5 aromatic rings. The summed E-state index contributed by atoms with van der Waals surface area (Å²) in [7, 11) is -3.13. The standard InChI is InChI=1S/C46H62B2N4O5/c1-35(53)36-24-25-41-42(30-36)44(34-52(29-17-7-3-5-15-27-50)32-38-19-9-13-23-46(38)48(56)57)40-21-11-10-20-39(40)43(41)33-51(28-16-6-2-4-14-26-49)31-37-18-8-12-22-45(37)47(54)55/h8-13,18-25,30,54-57H,2-7,14-17,26-29,31-34,49-50H2,1H3. The fourth-order valence-corrected chi connectivity index (χ4v) is 8.15. The summed E-state index contributed by atoms with van der Waals surface area (Å²) in [5.41, 5.74) is 17.2. The topological polar surface area (TPSA) is 157 Å². The van der Waals surface area contributed by atoms with Crippen molar-refractivity contribution in [2.24, 2.45) is 11.5 Å². The fraction of sp³-hybridized carbons (Fsp3) is 0.413. The van der Waals surface area contributed by atoms with E-state index >= 15 is 0 Å². The lowest BCUT2D eigenvalue weighted by Crippen LogP contribution is -2.36. The number of ketones is 1. The van der Waals surface area contributed by atoms with Crippen molar-refractivity contribution in [2.75, 3.05) is 26.2 Å². The number of hydrogen-bond acceptors (Lipinski definition) is 9. The Kier molecular flexibility index (Phi) is 17.7. The lowest BCUT2D eigenvalue weighted by molar-refractivity contribution is 0.101. The van der Waals surface area contributed by atoms with Crippen LogP contribution in [0.2, 0.25) is 0 Å². The largest absolute Gasteiger partial charge is 0.488 e. The van der Waals surface area contributed by atoms with Gasteiger partial charge in [0, 0.05) is 31.7 Å². The van der Waals surface area contributed by atoms with Gasteiger partial charge in [0.15, 0.2) is 5.78 Å². The Morgan fingerprint density at radius 1 is 0.509 bits per heavy atom. The molecule has 0 unspecified atom stereocenters. The molecule has 302 valence electrons. The van der Waals surface area contributed by atoms with Gasteiger partial charge in [0.2, 0.25) is 0 Å². The quantitative estimate of drug-likeness (QED) is 0.0199. The molecule has 0 atom stereocenters. The molecule has 57 heavy (non-hydrogen) atoms. The highest BCUT2D eigenvalue weighted by Gasteiger charge is 2.23. The van der Waals surface area contributed by atoms with E-state index in [1.165, 1.54) is 5.56 Å². The number of unbranched alkanes of at least 4 members (excludes halogenated alkanes) is 8. The first-order valence-electron chi connectivity index (χ1n) is 20.9. The van der Waals surface area contributed by atoms with Gasteiger partial charge in [-0.2, -0.15) is 0 Å². The van der Waals surface area contributed by atoms with Crippen molar-refractivity contribution in [2.45, 2.75) is 97.3 Å². The van der Waals surface area contributed by atoms with Crippen molar-refractivity contribution < 1.29 is 24.9 Å². The van der Waals surface area contributed by atoms with Crippen LogP contribution in [-0.2, 0) is 26.2 Å². The molecule has 0 aliphatic heterocycles. The van der Waals surface area contributed by atoms with Crippen molar-refractivity contribution in [1.82, 2.24) is 9.80 Å². The Morgan fingerprint density at radius 3 is 1.37 bits per heavy atom. The first-order valence-corrected chi connectivity index (χ1v) is 20.9. The maximum atomic E-state index is 12.9. The first-order chi connectivity index (χ1) is 27.7. The molecule has 8 N–H and O–H groups in total. The fourth-order valence-electron chi connectivity index (χ4n) is 8.15. The summed E-state index contributed by atoms with van der Waals surface area (Å²) in [6.07, 6.45) is 10.7. The predicted octanol–water partition coefficient (Wildman–Crippen LogP) is 5.38. The Balaban J connectivity index is 1.59. The number of nitrogens with two attached hydrogens (primary N) is 2. The third kappa shape index (κ3) is 12.5. The van der Waals surface area contributed by atoms with Gasteiger partial charge in [0.1, 0.15) is 0 Å². The van der Waals surface area contributed by atoms with Gasteiger partial charge in [-0.1, -0.05) is 123 Å². The summed E-state index contributed by atoms with van der Waals surface area (Å²) >= 11 is 0. The summed E-state index contributed by atoms with van der Waals surface area (Å²) in [6.45, 7) is 6.99. The maximum absolute atomic E-state index is 12.9. The highest BCUT2D eigenvalue weighted by Crippen LogP contribution is 2.36. The molecular weight excluding hydrogens is 710 g/mol. The Morgan fingerprint density at radius 2 is 0.912 bits per heavy atom. The summed E-state index contributed by atoms with van der Waals surface area (Å²) < 4.78 is 0. The van der Waals surface area contributed by atoms with Gasteiger partial charge >= 0.3 is 14.2 Å². The van der Waals surface area contributed by atoms with Crippen molar-refractivity contribution in [1.29, 1.82) is 0 Å². The van der Waals surface area contributed by atoms with Crippen LogP contribution in [-0.4, -0.2) is 76.1 Å². The molecule has 9 nitrogen and oxygen atoms in total. The zero-order valence-electron chi connectivity index (χ0n) is 33.8. The third-order valence-electron chi connectivity index (χ3n) is 11.2. The molecule has 11 heteroatoms. The number of benzene rings is 5. The predicted molar refractivity (Wildman–Crippen MR) is 237 cm³/mol. The van der Waals surface area contributed by atoms with Crippen LogP contribution in [0, 0.1) is 0 Å². The van der Waals surface area contributed by atoms with Gasteiger partial charge < -0.3 is 31.6 Å². The molecule has 5 aromatic carbocycles. The van der Waals surface area contributed by atoms with E-state index in [9.17, 15) is 24.9 Å². The normalized spacial score (nSPS) is 11.7. The van der Waals surface area contributed by atoms with E-state index in [0.29, 0.717) is 55.8 Å². The summed E-state index contributed by atoms with van der Waals surface area (Å²) in [6, 6.07) is 29.7. The van der Waals surface area contributed by atoms with Crippen LogP contribution in [0.15, 0.2) is 91.0 Å². The number of rotatable bonds is 25. The molecule has 0 bridgehead atoms. The highest BCUT2D eigenvalue weighted by molar-refractivity contribution is 6.59. The molecule has 0 aromatic heterocycles. The number of fused-ring (bicyclic) bond motifs is 2. The lowest BCUT2D eigenvalue weighted by Gasteiger charge is -2.28. The average Bonchev–Trinajstić information content (AvgIpc) is 3.21. The van der Waals surface area contributed by atoms with Crippen molar-refractivity contribution in [3.05, 3.63) is 119 Å². The van der Waals surface area contributed by atoms with Gasteiger partial charge in [0.05, 0.1) is 0 Å². The number of hydrogen-bond donors (Lipinski definition) is 6. The van der Waals surface area contributed by atoms with Crippen LogP contribution >= 0.6 is 0 Å². The third-order valence-corrected chi connectivity index (χ3v) is 11.2. The second-order valence-corrected chi connectivity index (χ2v) is 15.5. The minimum absolute atomic E-state index is 0.00758. The number of nitrogens with zero attached hydrogens (tertiary/aromatic N) is 2. The average molecular weight is 773 g/mol. The van der Waals surface area contributed by atoms with Crippen LogP contribution in [0.1, 0.15) is 104 Å². The lowest BCUT2D eigenvalue weighted by atomic mass is 9.77. The number of carbonyl (C=O) groups excluding carboxylic acids is 1. The zero-order chi connectivity index (χ0) is 40.6. The van der Waals surface area contributed by atoms with Crippen LogP contribution in [0.5, 0.6) is 0 Å². The van der Waals surface area contributed by atoms with Crippen LogP contribution in [0.25, 0.3) is 21.5 Å². The van der Waals surface area contributed by atoms with E-state index in [0.717, 1.165) is 116 Å². The number of carbonyl (C=O) groups is 1. The molecule has 0 radical (unpaired) electrons. The Bertz CT molecular complexity index is 2030. The Hall–Kier alpha value is -3.90. The number of Topliss-reactive ketones (excluding diaryl/α,β-unsaturated/α-hetero) is 1. The zero-order valence-corrected chi connectivity index (χ0v) is 33.8. The smallest absolute Gasteiger partial charge is 0.423 e. The monoisotopic (exact) mass is 772 g/mol. The van der Waals surface area contributed by atoms with Crippen LogP contribution in [0.4, 0.5) is 0 Å². The summed E-state index contributed by atoms with van der Waals surface area (Å²) in [5.74, 6) is 0.00758. The molecule has 0 saturated heterocycles. The van der Waals surface area contributed by atoms with Crippen molar-refractivity contribution in [3.8, 4) is 0 Å². The molecule has 0 aliphatic rings. The van der Waals surface area contributed by atoms with Crippen LogP contribution in [0.3, 0.4) is 0 Å². The van der Waals surface area contributed by atoms with E-state index < -0.39 is 14.2 Å². The Labute approximate surface area is 340 Å². The van der Waals surface area contributed by atoms with Gasteiger partial charge in [-0.15, -0.1) is 0 Å². The minimum atomic E-state index is -1.57. The van der Waals surface area contributed by atoms with E-state index in [1.54, 1.807) is 19.1 Å². The van der Waals surface area contributed by atoms with Gasteiger partial charge in [-0.05, 0) is 120 Å². The molecule has 0 saturated carbocycles. The summed E-state index contributed by atoms with van der Waals surface area (Å²) in [5, 5.41) is 45.5. The van der Waals surface area contributed by atoms with Gasteiger partial charge in [-0.25, -0.2) is 0 Å². The second-order valence-electron chi connectivity index (χ2n) is 15.5. The van der Waals surface area contributed by atoms with E-state index in [2.05, 4.69) is 46.2 Å². The van der Waals surface area contributed by atoms with E-state index in [4.69, 9.17) is 11.5 Å². The molecule has 0 amide bonds. The van der Waals surface area contributed by atoms with E-state index in [1.807, 2.05) is 42.5 Å². The highest BCUT2D eigenvalue weighted by atomic mass is 16.4. The summed E-state index contributed by atoms with van der Waals surface area (Å²) in [4.78, 5) is 17.7. The SMILES string of the molecule is CC(=O)c1ccc2c(CN(CCCCCCCN)Cc3ccccc3B(O)O)c3ccccc3c(CN(CCCCCCCN)Cc3ccccc3B(O)O)c2c1. The van der Waals surface area contributed by atoms with Crippen molar-refractivity contribution >= 4 is 52.5 Å². The molecule has 0 fully saturated rings. The molecule has 0 aliphatic carbocycles. The van der Waals surface area contributed by atoms with Gasteiger partial charge in [-0.3, -0.25) is 14.6 Å². The van der Waals surface area contributed by atoms with Crippen LogP contribution < -0.4 is 22.4 Å². The molecule has 5 rings (SSSR count). The minimum Gasteiger partial charge on any atom is -0.423 e. The first kappa shape index (κ1) is 44.2. The maximum Gasteiger partial charge on any atom is 0.488 e. The molecule has 0 spiro atoms. The molecule has 0 heterocycles. The molecular formula is C46H62B2N4O5.